The summed E-state index contributed by atoms with van der Waals surface area (Å²) >= 11 is 0. The Bertz CT molecular complexity index is 250. The van der Waals surface area contributed by atoms with Gasteiger partial charge in [0.1, 0.15) is 0 Å². The molecule has 1 aliphatic heterocycles. The van der Waals surface area contributed by atoms with E-state index in [1.54, 1.807) is 0 Å². The van der Waals surface area contributed by atoms with E-state index in [1.165, 1.54) is 51.4 Å². The summed E-state index contributed by atoms with van der Waals surface area (Å²) in [5.41, 5.74) is -0.378. The topological polar surface area (TPSA) is 18.5 Å². The molecule has 1 saturated heterocycles. The third kappa shape index (κ3) is 4.77. The van der Waals surface area contributed by atoms with Gasteiger partial charge in [-0.25, -0.2) is 0 Å². The van der Waals surface area contributed by atoms with E-state index in [1.807, 2.05) is 0 Å². The minimum atomic E-state index is -0.189. The van der Waals surface area contributed by atoms with Crippen LogP contribution in [0.3, 0.4) is 0 Å². The third-order valence-electron chi connectivity index (χ3n) is 5.01. The lowest BCUT2D eigenvalue weighted by atomic mass is 9.66. The van der Waals surface area contributed by atoms with Crippen molar-refractivity contribution in [2.24, 2.45) is 0 Å². The molecule has 1 rings (SSSR count). The average Bonchev–Trinajstić information content (AvgIpc) is 2.57. The Balaban J connectivity index is 2.58. The van der Waals surface area contributed by atoms with Crippen molar-refractivity contribution in [3.8, 4) is 0 Å². The molecule has 3 heteroatoms. The van der Waals surface area contributed by atoms with Gasteiger partial charge >= 0.3 is 7.12 Å². The predicted molar refractivity (Wildman–Crippen MR) is 88.1 cm³/mol. The highest BCUT2D eigenvalue weighted by Crippen LogP contribution is 2.42. The second-order valence-electron chi connectivity index (χ2n) is 7.38. The van der Waals surface area contributed by atoms with Crippen LogP contribution in [0, 0.1) is 0 Å². The van der Waals surface area contributed by atoms with E-state index < -0.39 is 0 Å². The standard InChI is InChI=1S/C17H35BO2/c1-7-9-11-13-15(14-12-10-8-2)18-19-16(3,4)17(5,6)20-18/h15H,7-14H2,1-6H3. The minimum Gasteiger partial charge on any atom is -0.403 e. The first-order chi connectivity index (χ1) is 9.34. The van der Waals surface area contributed by atoms with E-state index in [-0.39, 0.29) is 18.3 Å². The first-order valence-corrected chi connectivity index (χ1v) is 8.69. The first kappa shape index (κ1) is 18.0. The molecule has 20 heavy (non-hydrogen) atoms. The van der Waals surface area contributed by atoms with Gasteiger partial charge in [-0.2, -0.15) is 0 Å². The van der Waals surface area contributed by atoms with E-state index in [2.05, 4.69) is 41.5 Å². The second kappa shape index (κ2) is 7.84. The molecule has 0 N–H and O–H groups in total. The van der Waals surface area contributed by atoms with Gasteiger partial charge in [-0.3, -0.25) is 0 Å². The fourth-order valence-electron chi connectivity index (χ4n) is 2.81. The molecule has 2 nitrogen and oxygen atoms in total. The van der Waals surface area contributed by atoms with Gasteiger partial charge in [0.25, 0.3) is 0 Å². The molecular formula is C17H35BO2. The maximum Gasteiger partial charge on any atom is 0.461 e. The molecule has 0 aromatic carbocycles. The molecule has 0 aromatic heterocycles. The third-order valence-corrected chi connectivity index (χ3v) is 5.01. The zero-order chi connectivity index (χ0) is 15.2. The van der Waals surface area contributed by atoms with Crippen molar-refractivity contribution in [1.82, 2.24) is 0 Å². The predicted octanol–water partition coefficient (Wildman–Crippen LogP) is 5.61. The summed E-state index contributed by atoms with van der Waals surface area (Å²) in [6.07, 6.45) is 10.3. The Morgan fingerprint density at radius 1 is 0.750 bits per heavy atom. The molecule has 0 spiro atoms. The monoisotopic (exact) mass is 282 g/mol. The van der Waals surface area contributed by atoms with Gasteiger partial charge in [-0.15, -0.1) is 0 Å². The van der Waals surface area contributed by atoms with Crippen molar-refractivity contribution in [2.45, 2.75) is 110 Å². The van der Waals surface area contributed by atoms with Crippen molar-refractivity contribution < 1.29 is 9.31 Å². The fourth-order valence-corrected chi connectivity index (χ4v) is 2.81. The quantitative estimate of drug-likeness (QED) is 0.404. The van der Waals surface area contributed by atoms with E-state index in [0.29, 0.717) is 5.82 Å². The van der Waals surface area contributed by atoms with Crippen LogP contribution < -0.4 is 0 Å². The number of rotatable bonds is 9. The average molecular weight is 282 g/mol. The van der Waals surface area contributed by atoms with E-state index in [0.717, 1.165) is 0 Å². The summed E-state index contributed by atoms with van der Waals surface area (Å²) in [5.74, 6) is 0.564. The van der Waals surface area contributed by atoms with Gasteiger partial charge in [0, 0.05) is 0 Å². The van der Waals surface area contributed by atoms with Crippen molar-refractivity contribution in [1.29, 1.82) is 0 Å². The smallest absolute Gasteiger partial charge is 0.403 e. The number of unbranched alkanes of at least 4 members (excludes halogenated alkanes) is 4. The summed E-state index contributed by atoms with van der Waals surface area (Å²) in [4.78, 5) is 0. The highest BCUT2D eigenvalue weighted by molar-refractivity contribution is 6.47. The number of hydrogen-bond donors (Lipinski definition) is 0. The van der Waals surface area contributed by atoms with E-state index in [4.69, 9.17) is 9.31 Å². The highest BCUT2D eigenvalue weighted by Gasteiger charge is 2.53. The highest BCUT2D eigenvalue weighted by atomic mass is 16.7. The van der Waals surface area contributed by atoms with Crippen LogP contribution in [-0.2, 0) is 9.31 Å². The number of hydrogen-bond acceptors (Lipinski definition) is 2. The summed E-state index contributed by atoms with van der Waals surface area (Å²) in [6.45, 7) is 13.1. The fraction of sp³-hybridized carbons (Fsp3) is 1.00. The van der Waals surface area contributed by atoms with E-state index >= 15 is 0 Å². The zero-order valence-electron chi connectivity index (χ0n) is 14.6. The van der Waals surface area contributed by atoms with Gasteiger partial charge in [-0.1, -0.05) is 65.2 Å². The van der Waals surface area contributed by atoms with Crippen LogP contribution in [-0.4, -0.2) is 18.3 Å². The summed E-state index contributed by atoms with van der Waals surface area (Å²) in [6, 6.07) is 0. The van der Waals surface area contributed by atoms with Crippen LogP contribution >= 0.6 is 0 Å². The summed E-state index contributed by atoms with van der Waals surface area (Å²) in [5, 5.41) is 0. The largest absolute Gasteiger partial charge is 0.461 e. The molecule has 0 aromatic rings. The van der Waals surface area contributed by atoms with Gasteiger partial charge in [0.15, 0.2) is 0 Å². The molecule has 1 fully saturated rings. The Hall–Kier alpha value is -0.0151. The van der Waals surface area contributed by atoms with Crippen LogP contribution in [0.4, 0.5) is 0 Å². The van der Waals surface area contributed by atoms with Crippen molar-refractivity contribution in [3.05, 3.63) is 0 Å². The molecular weight excluding hydrogens is 247 g/mol. The molecule has 0 unspecified atom stereocenters. The van der Waals surface area contributed by atoms with Gasteiger partial charge in [0.05, 0.1) is 11.2 Å². The normalized spacial score (nSPS) is 20.9. The zero-order valence-corrected chi connectivity index (χ0v) is 14.6. The molecule has 1 aliphatic rings. The SMILES string of the molecule is CCCCCC(CCCCC)B1OC(C)(C)C(C)(C)O1. The van der Waals surface area contributed by atoms with Crippen molar-refractivity contribution in [2.75, 3.05) is 0 Å². The Morgan fingerprint density at radius 3 is 1.50 bits per heavy atom. The molecule has 0 amide bonds. The maximum atomic E-state index is 6.27. The lowest BCUT2D eigenvalue weighted by Gasteiger charge is -2.32. The molecule has 0 saturated carbocycles. The molecule has 0 aliphatic carbocycles. The van der Waals surface area contributed by atoms with Crippen molar-refractivity contribution >= 4 is 7.12 Å². The first-order valence-electron chi connectivity index (χ1n) is 8.69. The van der Waals surface area contributed by atoms with Gasteiger partial charge in [0.2, 0.25) is 0 Å². The minimum absolute atomic E-state index is 0.00582. The van der Waals surface area contributed by atoms with Gasteiger partial charge < -0.3 is 9.31 Å². The second-order valence-corrected chi connectivity index (χ2v) is 7.38. The molecule has 1 heterocycles. The van der Waals surface area contributed by atoms with Crippen LogP contribution in [0.2, 0.25) is 5.82 Å². The lowest BCUT2D eigenvalue weighted by Crippen LogP contribution is -2.41. The van der Waals surface area contributed by atoms with E-state index in [9.17, 15) is 0 Å². The Labute approximate surface area is 127 Å². The molecule has 0 radical (unpaired) electrons. The van der Waals surface area contributed by atoms with Crippen LogP contribution in [0.15, 0.2) is 0 Å². The molecule has 118 valence electrons. The summed E-state index contributed by atoms with van der Waals surface area (Å²) < 4.78 is 12.5. The van der Waals surface area contributed by atoms with Gasteiger partial charge in [-0.05, 0) is 33.5 Å². The Morgan fingerprint density at radius 2 is 1.15 bits per heavy atom. The lowest BCUT2D eigenvalue weighted by molar-refractivity contribution is 0.00578. The van der Waals surface area contributed by atoms with Crippen LogP contribution in [0.25, 0.3) is 0 Å². The molecule has 0 atom stereocenters. The van der Waals surface area contributed by atoms with Crippen molar-refractivity contribution in [3.63, 3.8) is 0 Å². The molecule has 0 bridgehead atoms. The van der Waals surface area contributed by atoms with Crippen LogP contribution in [0.5, 0.6) is 0 Å². The Kier molecular flexibility index (Phi) is 7.07. The van der Waals surface area contributed by atoms with Crippen LogP contribution in [0.1, 0.15) is 92.9 Å². The maximum absolute atomic E-state index is 6.27. The summed E-state index contributed by atoms with van der Waals surface area (Å²) in [7, 11) is -0.00582.